The molecule has 2 heterocycles. The zero-order valence-electron chi connectivity index (χ0n) is 15.2. The molecule has 1 atom stereocenters. The summed E-state index contributed by atoms with van der Waals surface area (Å²) in [5, 5.41) is 2.05. The highest BCUT2D eigenvalue weighted by atomic mass is 32.2. The second kappa shape index (κ2) is 9.12. The van der Waals surface area contributed by atoms with Crippen molar-refractivity contribution in [3.8, 4) is 0 Å². The van der Waals surface area contributed by atoms with Gasteiger partial charge in [-0.05, 0) is 36.8 Å². The minimum atomic E-state index is -0.205. The van der Waals surface area contributed by atoms with Gasteiger partial charge in [-0.15, -0.1) is 11.8 Å². The van der Waals surface area contributed by atoms with Crippen LogP contribution in [0.5, 0.6) is 0 Å². The average Bonchev–Trinajstić information content (AvgIpc) is 3.00. The predicted molar refractivity (Wildman–Crippen MR) is 105 cm³/mol. The van der Waals surface area contributed by atoms with Crippen molar-refractivity contribution in [3.05, 3.63) is 41.3 Å². The van der Waals surface area contributed by atoms with Crippen molar-refractivity contribution in [3.63, 3.8) is 0 Å². The van der Waals surface area contributed by atoms with Gasteiger partial charge in [0.2, 0.25) is 5.91 Å². The van der Waals surface area contributed by atoms with Gasteiger partial charge in [-0.1, -0.05) is 30.3 Å². The molecule has 0 aromatic heterocycles. The molecule has 0 radical (unpaired) electrons. The Labute approximate surface area is 159 Å². The predicted octanol–water partition coefficient (Wildman–Crippen LogP) is 3.61. The molecule has 140 valence electrons. The summed E-state index contributed by atoms with van der Waals surface area (Å²) in [5.41, 5.74) is 1.17. The number of likely N-dealkylation sites (tertiary alicyclic amines) is 1. The number of rotatable bonds is 6. The van der Waals surface area contributed by atoms with Crippen LogP contribution in [0.4, 0.5) is 4.79 Å². The van der Waals surface area contributed by atoms with E-state index < -0.39 is 0 Å². The van der Waals surface area contributed by atoms with Crippen LogP contribution in [-0.4, -0.2) is 59.3 Å². The molecular weight excluding hydrogens is 348 g/mol. The molecule has 2 aliphatic rings. The van der Waals surface area contributed by atoms with Gasteiger partial charge in [0.05, 0.1) is 6.04 Å². The highest BCUT2D eigenvalue weighted by Crippen LogP contribution is 2.24. The summed E-state index contributed by atoms with van der Waals surface area (Å²) in [7, 11) is 0. The van der Waals surface area contributed by atoms with Gasteiger partial charge >= 0.3 is 6.09 Å². The van der Waals surface area contributed by atoms with E-state index >= 15 is 0 Å². The van der Waals surface area contributed by atoms with Crippen LogP contribution in [0, 0.1) is 0 Å². The third-order valence-corrected chi connectivity index (χ3v) is 5.70. The fourth-order valence-corrected chi connectivity index (χ4v) is 4.17. The lowest BCUT2D eigenvalue weighted by Gasteiger charge is -2.37. The molecule has 2 fully saturated rings. The highest BCUT2D eigenvalue weighted by Gasteiger charge is 2.37. The summed E-state index contributed by atoms with van der Waals surface area (Å²) in [6, 6.07) is 10.5. The molecule has 1 aromatic carbocycles. The Hall–Kier alpha value is -1.95. The van der Waals surface area contributed by atoms with E-state index in [9.17, 15) is 9.59 Å². The lowest BCUT2D eigenvalue weighted by atomic mass is 10.0. The van der Waals surface area contributed by atoms with Crippen molar-refractivity contribution < 1.29 is 14.3 Å². The molecule has 0 N–H and O–H groups in total. The third kappa shape index (κ3) is 4.81. The molecule has 0 saturated carbocycles. The van der Waals surface area contributed by atoms with E-state index in [1.807, 2.05) is 34.9 Å². The van der Waals surface area contributed by atoms with Crippen molar-refractivity contribution in [2.24, 2.45) is 0 Å². The van der Waals surface area contributed by atoms with E-state index in [-0.39, 0.29) is 24.1 Å². The maximum atomic E-state index is 12.4. The van der Waals surface area contributed by atoms with Crippen molar-refractivity contribution >= 4 is 29.8 Å². The van der Waals surface area contributed by atoms with Crippen molar-refractivity contribution in [2.75, 3.05) is 25.4 Å². The summed E-state index contributed by atoms with van der Waals surface area (Å²) in [6.07, 6.45) is 4.09. The zero-order chi connectivity index (χ0) is 18.4. The van der Waals surface area contributed by atoms with Crippen LogP contribution in [0.2, 0.25) is 0 Å². The van der Waals surface area contributed by atoms with Crippen molar-refractivity contribution in [2.45, 2.75) is 38.3 Å². The number of amides is 2. The zero-order valence-corrected chi connectivity index (χ0v) is 16.0. The second-order valence-corrected chi connectivity index (χ2v) is 7.79. The van der Waals surface area contributed by atoms with Gasteiger partial charge in [-0.25, -0.2) is 4.79 Å². The third-order valence-electron chi connectivity index (χ3n) is 4.93. The molecule has 6 heteroatoms. The molecule has 1 unspecified atom stereocenters. The molecule has 3 rings (SSSR count). The smallest absolute Gasteiger partial charge is 0.410 e. The van der Waals surface area contributed by atoms with Gasteiger partial charge in [-0.2, -0.15) is 0 Å². The van der Waals surface area contributed by atoms with Gasteiger partial charge < -0.3 is 9.64 Å². The summed E-state index contributed by atoms with van der Waals surface area (Å²) in [6.45, 7) is 3.95. The topological polar surface area (TPSA) is 49.9 Å². The number of cyclic esters (lactones) is 1. The Morgan fingerprint density at radius 2 is 2.00 bits per heavy atom. The van der Waals surface area contributed by atoms with Crippen LogP contribution >= 0.6 is 11.8 Å². The Morgan fingerprint density at radius 3 is 2.65 bits per heavy atom. The first-order valence-corrected chi connectivity index (χ1v) is 10.3. The molecule has 2 saturated heterocycles. The maximum absolute atomic E-state index is 12.4. The molecule has 2 amide bonds. The Bertz CT molecular complexity index is 642. The van der Waals surface area contributed by atoms with Gasteiger partial charge in [0.25, 0.3) is 0 Å². The van der Waals surface area contributed by atoms with E-state index in [0.717, 1.165) is 31.7 Å². The summed E-state index contributed by atoms with van der Waals surface area (Å²) < 4.78 is 5.11. The van der Waals surface area contributed by atoms with Crippen molar-refractivity contribution in [1.82, 2.24) is 9.80 Å². The first-order chi connectivity index (χ1) is 12.6. The molecule has 2 aliphatic heterocycles. The SMILES string of the molecule is CC1COC(=O)N1C1CCN(C(=O)CCSC=Cc2ccccc2)CC1. The lowest BCUT2D eigenvalue weighted by molar-refractivity contribution is -0.132. The first kappa shape index (κ1) is 18.8. The minimum absolute atomic E-state index is 0.141. The summed E-state index contributed by atoms with van der Waals surface area (Å²) >= 11 is 1.66. The Kier molecular flexibility index (Phi) is 6.61. The van der Waals surface area contributed by atoms with Gasteiger partial charge in [0, 0.05) is 31.3 Å². The number of benzene rings is 1. The summed E-state index contributed by atoms with van der Waals surface area (Å²) in [5.74, 6) is 0.999. The highest BCUT2D eigenvalue weighted by molar-refractivity contribution is 8.02. The number of thioether (sulfide) groups is 1. The number of carbonyl (C=O) groups is 2. The second-order valence-electron chi connectivity index (χ2n) is 6.78. The summed E-state index contributed by atoms with van der Waals surface area (Å²) in [4.78, 5) is 28.0. The number of hydrogen-bond donors (Lipinski definition) is 0. The molecular formula is C20H26N2O3S. The van der Waals surface area contributed by atoms with E-state index in [1.54, 1.807) is 11.8 Å². The standard InChI is InChI=1S/C20H26N2O3S/c1-16-15-25-20(24)22(16)18-7-11-21(12-8-18)19(23)10-14-26-13-9-17-5-3-2-4-6-17/h2-6,9,13,16,18H,7-8,10-12,14-15H2,1H3. The normalized spacial score (nSPS) is 21.4. The quantitative estimate of drug-likeness (QED) is 0.714. The Balaban J connectivity index is 1.36. The Morgan fingerprint density at radius 1 is 1.27 bits per heavy atom. The molecule has 26 heavy (non-hydrogen) atoms. The van der Waals surface area contributed by atoms with E-state index in [4.69, 9.17) is 4.74 Å². The van der Waals surface area contributed by atoms with Crippen LogP contribution in [0.3, 0.4) is 0 Å². The van der Waals surface area contributed by atoms with Crippen LogP contribution in [0.15, 0.2) is 35.7 Å². The van der Waals surface area contributed by atoms with E-state index in [0.29, 0.717) is 13.0 Å². The largest absolute Gasteiger partial charge is 0.447 e. The van der Waals surface area contributed by atoms with Crippen molar-refractivity contribution in [1.29, 1.82) is 0 Å². The average molecular weight is 375 g/mol. The first-order valence-electron chi connectivity index (χ1n) is 9.21. The molecule has 5 nitrogen and oxygen atoms in total. The lowest BCUT2D eigenvalue weighted by Crippen LogP contribution is -2.49. The number of ether oxygens (including phenoxy) is 1. The van der Waals surface area contributed by atoms with Crippen LogP contribution < -0.4 is 0 Å². The maximum Gasteiger partial charge on any atom is 0.410 e. The van der Waals surface area contributed by atoms with Gasteiger partial charge in [0.1, 0.15) is 6.61 Å². The molecule has 0 aliphatic carbocycles. The van der Waals surface area contributed by atoms with Crippen LogP contribution in [0.1, 0.15) is 31.7 Å². The number of piperidine rings is 1. The molecule has 1 aromatic rings. The number of hydrogen-bond acceptors (Lipinski definition) is 4. The molecule has 0 spiro atoms. The fourth-order valence-electron chi connectivity index (χ4n) is 3.49. The minimum Gasteiger partial charge on any atom is -0.447 e. The van der Waals surface area contributed by atoms with Crippen LogP contribution in [-0.2, 0) is 9.53 Å². The monoisotopic (exact) mass is 374 g/mol. The number of nitrogens with zero attached hydrogens (tertiary/aromatic N) is 2. The van der Waals surface area contributed by atoms with Crippen LogP contribution in [0.25, 0.3) is 6.08 Å². The molecule has 0 bridgehead atoms. The van der Waals surface area contributed by atoms with Gasteiger partial charge in [-0.3, -0.25) is 9.69 Å². The van der Waals surface area contributed by atoms with E-state index in [1.165, 1.54) is 5.56 Å². The fraction of sp³-hybridized carbons (Fsp3) is 0.500. The number of carbonyl (C=O) groups excluding carboxylic acids is 2. The van der Waals surface area contributed by atoms with Gasteiger partial charge in [0.15, 0.2) is 0 Å². The van der Waals surface area contributed by atoms with E-state index in [2.05, 4.69) is 23.6 Å².